The molecule has 2 N–H and O–H groups in total. The van der Waals surface area contributed by atoms with Crippen molar-refractivity contribution in [3.8, 4) is 0 Å². The van der Waals surface area contributed by atoms with Gasteiger partial charge >= 0.3 is 12.0 Å². The third kappa shape index (κ3) is 6.88. The smallest absolute Gasteiger partial charge is 0.339 e. The first-order valence-corrected chi connectivity index (χ1v) is 10.0. The Morgan fingerprint density at radius 3 is 2.50 bits per heavy atom. The lowest BCUT2D eigenvalue weighted by molar-refractivity contribution is -0.126. The van der Waals surface area contributed by atoms with Gasteiger partial charge in [0.1, 0.15) is 0 Å². The number of hydrogen-bond acceptors (Lipinski definition) is 6. The van der Waals surface area contributed by atoms with Crippen LogP contribution in [0.2, 0.25) is 0 Å². The highest BCUT2D eigenvalue weighted by atomic mass is 32.2. The average molecular weight is 407 g/mol. The van der Waals surface area contributed by atoms with Crippen LogP contribution >= 0.6 is 11.8 Å². The number of carbonyl (C=O) groups excluding carboxylic acids is 4. The quantitative estimate of drug-likeness (QED) is 0.527. The SMILES string of the molecule is CN(C)C(=O)CSc1ccccc1C(=O)OCC(=O)NC(=O)NC1CCCC1. The normalized spacial score (nSPS) is 13.6. The van der Waals surface area contributed by atoms with Crippen LogP contribution in [0, 0.1) is 0 Å². The molecule has 0 aromatic heterocycles. The Bertz CT molecular complexity index is 732. The van der Waals surface area contributed by atoms with Crippen LogP contribution in [0.4, 0.5) is 4.79 Å². The zero-order valence-electron chi connectivity index (χ0n) is 16.0. The van der Waals surface area contributed by atoms with E-state index in [2.05, 4.69) is 10.6 Å². The van der Waals surface area contributed by atoms with E-state index in [9.17, 15) is 19.2 Å². The zero-order chi connectivity index (χ0) is 20.5. The second kappa shape index (κ2) is 10.7. The molecular formula is C19H25N3O5S. The Morgan fingerprint density at radius 1 is 1.14 bits per heavy atom. The molecular weight excluding hydrogens is 382 g/mol. The summed E-state index contributed by atoms with van der Waals surface area (Å²) in [7, 11) is 3.31. The molecule has 1 saturated carbocycles. The Balaban J connectivity index is 1.82. The van der Waals surface area contributed by atoms with Gasteiger partial charge in [0.15, 0.2) is 6.61 Å². The monoisotopic (exact) mass is 407 g/mol. The lowest BCUT2D eigenvalue weighted by Gasteiger charge is -2.13. The van der Waals surface area contributed by atoms with Crippen LogP contribution in [0.3, 0.4) is 0 Å². The number of rotatable bonds is 7. The van der Waals surface area contributed by atoms with E-state index in [1.165, 1.54) is 16.7 Å². The van der Waals surface area contributed by atoms with Crippen LogP contribution < -0.4 is 10.6 Å². The van der Waals surface area contributed by atoms with Gasteiger partial charge in [-0.15, -0.1) is 11.8 Å². The predicted molar refractivity (Wildman–Crippen MR) is 105 cm³/mol. The minimum Gasteiger partial charge on any atom is -0.452 e. The molecule has 1 aliphatic rings. The first-order valence-electron chi connectivity index (χ1n) is 9.06. The van der Waals surface area contributed by atoms with Gasteiger partial charge in [-0.3, -0.25) is 14.9 Å². The third-order valence-electron chi connectivity index (χ3n) is 4.23. The van der Waals surface area contributed by atoms with Crippen LogP contribution in [-0.2, 0) is 14.3 Å². The van der Waals surface area contributed by atoms with Crippen LogP contribution in [0.25, 0.3) is 0 Å². The molecule has 4 amide bonds. The number of ether oxygens (including phenoxy) is 1. The van der Waals surface area contributed by atoms with Crippen LogP contribution in [-0.4, -0.2) is 61.2 Å². The summed E-state index contributed by atoms with van der Waals surface area (Å²) < 4.78 is 5.02. The van der Waals surface area contributed by atoms with Crippen molar-refractivity contribution in [3.63, 3.8) is 0 Å². The summed E-state index contributed by atoms with van der Waals surface area (Å²) in [6.45, 7) is -0.563. The molecule has 28 heavy (non-hydrogen) atoms. The third-order valence-corrected chi connectivity index (χ3v) is 5.29. The second-order valence-electron chi connectivity index (χ2n) is 6.65. The number of urea groups is 1. The lowest BCUT2D eigenvalue weighted by Crippen LogP contribution is -2.45. The number of esters is 1. The molecule has 0 spiro atoms. The number of carbonyl (C=O) groups is 4. The predicted octanol–water partition coefficient (Wildman–Crippen LogP) is 1.79. The number of hydrogen-bond donors (Lipinski definition) is 2. The van der Waals surface area contributed by atoms with Crippen molar-refractivity contribution < 1.29 is 23.9 Å². The van der Waals surface area contributed by atoms with E-state index < -0.39 is 24.5 Å². The maximum Gasteiger partial charge on any atom is 0.339 e. The molecule has 0 saturated heterocycles. The molecule has 8 nitrogen and oxygen atoms in total. The fourth-order valence-electron chi connectivity index (χ4n) is 2.69. The van der Waals surface area contributed by atoms with Crippen molar-refractivity contribution in [2.75, 3.05) is 26.5 Å². The average Bonchev–Trinajstić information content (AvgIpc) is 3.17. The zero-order valence-corrected chi connectivity index (χ0v) is 16.8. The van der Waals surface area contributed by atoms with Gasteiger partial charge in [0.2, 0.25) is 5.91 Å². The lowest BCUT2D eigenvalue weighted by atomic mass is 10.2. The van der Waals surface area contributed by atoms with E-state index in [1.807, 2.05) is 0 Å². The van der Waals surface area contributed by atoms with Gasteiger partial charge in [-0.05, 0) is 25.0 Å². The highest BCUT2D eigenvalue weighted by molar-refractivity contribution is 8.00. The summed E-state index contributed by atoms with van der Waals surface area (Å²) in [6, 6.07) is 6.20. The minimum absolute atomic E-state index is 0.0826. The summed E-state index contributed by atoms with van der Waals surface area (Å²) in [5.41, 5.74) is 0.266. The Morgan fingerprint density at radius 2 is 1.82 bits per heavy atom. The molecule has 1 aromatic rings. The molecule has 0 aliphatic heterocycles. The Kier molecular flexibility index (Phi) is 8.31. The topological polar surface area (TPSA) is 105 Å². The van der Waals surface area contributed by atoms with Crippen LogP contribution in [0.5, 0.6) is 0 Å². The van der Waals surface area contributed by atoms with Crippen molar-refractivity contribution in [1.29, 1.82) is 0 Å². The molecule has 0 heterocycles. The van der Waals surface area contributed by atoms with Gasteiger partial charge in [0.25, 0.3) is 5.91 Å². The number of benzene rings is 1. The first-order chi connectivity index (χ1) is 13.4. The molecule has 0 atom stereocenters. The summed E-state index contributed by atoms with van der Waals surface area (Å²) in [5.74, 6) is -1.29. The van der Waals surface area contributed by atoms with Gasteiger partial charge in [-0.1, -0.05) is 25.0 Å². The molecule has 1 fully saturated rings. The number of thioether (sulfide) groups is 1. The summed E-state index contributed by atoms with van der Waals surface area (Å²) in [5, 5.41) is 4.88. The molecule has 0 bridgehead atoms. The molecule has 152 valence electrons. The minimum atomic E-state index is -0.697. The summed E-state index contributed by atoms with van der Waals surface area (Å²) >= 11 is 1.22. The molecule has 2 rings (SSSR count). The van der Waals surface area contributed by atoms with Crippen molar-refractivity contribution >= 4 is 35.6 Å². The van der Waals surface area contributed by atoms with Gasteiger partial charge in [0.05, 0.1) is 11.3 Å². The largest absolute Gasteiger partial charge is 0.452 e. The van der Waals surface area contributed by atoms with Crippen LogP contribution in [0.1, 0.15) is 36.0 Å². The van der Waals surface area contributed by atoms with Crippen LogP contribution in [0.15, 0.2) is 29.2 Å². The molecule has 1 aliphatic carbocycles. The fraction of sp³-hybridized carbons (Fsp3) is 0.474. The fourth-order valence-corrected chi connectivity index (χ4v) is 3.71. The van der Waals surface area contributed by atoms with Gasteiger partial charge < -0.3 is 15.0 Å². The van der Waals surface area contributed by atoms with Gasteiger partial charge in [0, 0.05) is 25.0 Å². The Hall–Kier alpha value is -2.55. The van der Waals surface area contributed by atoms with Gasteiger partial charge in [-0.25, -0.2) is 9.59 Å². The maximum absolute atomic E-state index is 12.3. The van der Waals surface area contributed by atoms with Crippen molar-refractivity contribution in [2.45, 2.75) is 36.6 Å². The number of nitrogens with zero attached hydrogens (tertiary/aromatic N) is 1. The summed E-state index contributed by atoms with van der Waals surface area (Å²) in [4.78, 5) is 49.7. The van der Waals surface area contributed by atoms with Crippen molar-refractivity contribution in [3.05, 3.63) is 29.8 Å². The number of imide groups is 1. The summed E-state index contributed by atoms with van der Waals surface area (Å²) in [6.07, 6.45) is 3.94. The Labute approximate surface area is 168 Å². The van der Waals surface area contributed by atoms with E-state index >= 15 is 0 Å². The van der Waals surface area contributed by atoms with E-state index in [0.29, 0.717) is 4.90 Å². The number of nitrogens with one attached hydrogen (secondary N) is 2. The molecule has 0 radical (unpaired) electrons. The molecule has 0 unspecified atom stereocenters. The van der Waals surface area contributed by atoms with Crippen molar-refractivity contribution in [2.24, 2.45) is 0 Å². The highest BCUT2D eigenvalue weighted by Crippen LogP contribution is 2.23. The van der Waals surface area contributed by atoms with E-state index in [-0.39, 0.29) is 23.3 Å². The second-order valence-corrected chi connectivity index (χ2v) is 7.67. The van der Waals surface area contributed by atoms with E-state index in [0.717, 1.165) is 25.7 Å². The van der Waals surface area contributed by atoms with E-state index in [1.54, 1.807) is 38.4 Å². The number of amides is 4. The van der Waals surface area contributed by atoms with E-state index in [4.69, 9.17) is 4.74 Å². The molecule has 9 heteroatoms. The maximum atomic E-state index is 12.3. The van der Waals surface area contributed by atoms with Gasteiger partial charge in [-0.2, -0.15) is 0 Å². The molecule has 1 aromatic carbocycles. The van der Waals surface area contributed by atoms with Crippen molar-refractivity contribution in [1.82, 2.24) is 15.5 Å². The first kappa shape index (κ1) is 21.7. The standard InChI is InChI=1S/C19H25N3O5S/c1-22(2)17(24)12-28-15-10-6-5-9-14(15)18(25)27-11-16(23)21-19(26)20-13-7-3-4-8-13/h5-6,9-10,13H,3-4,7-8,11-12H2,1-2H3,(H2,20,21,23,26). The highest BCUT2D eigenvalue weighted by Gasteiger charge is 2.20.